The Kier molecular flexibility index (Phi) is 7.02. The third-order valence-electron chi connectivity index (χ3n) is 6.28. The van der Waals surface area contributed by atoms with Crippen LogP contribution < -0.4 is 5.32 Å². The number of amides is 1. The van der Waals surface area contributed by atoms with E-state index in [1.165, 1.54) is 12.4 Å². The Balaban J connectivity index is 1.28. The number of ether oxygens (including phenoxy) is 1. The molecule has 1 aliphatic heterocycles. The van der Waals surface area contributed by atoms with Crippen molar-refractivity contribution in [3.8, 4) is 11.5 Å². The maximum absolute atomic E-state index is 12.8. The van der Waals surface area contributed by atoms with Crippen LogP contribution in [-0.4, -0.2) is 44.2 Å². The molecule has 0 atom stereocenters. The summed E-state index contributed by atoms with van der Waals surface area (Å²) in [6, 6.07) is 19.4. The van der Waals surface area contributed by atoms with Crippen molar-refractivity contribution >= 4 is 12.0 Å². The number of hydrogen-bond acceptors (Lipinski definition) is 8. The van der Waals surface area contributed by atoms with Gasteiger partial charge >= 0.3 is 12.5 Å². The third kappa shape index (κ3) is 5.55. The maximum atomic E-state index is 12.8. The molecule has 1 N–H and O–H groups in total. The molecule has 1 amide bonds. The molecule has 0 bridgehead atoms. The summed E-state index contributed by atoms with van der Waals surface area (Å²) in [7, 11) is 0. The first-order chi connectivity index (χ1) is 18.0. The first kappa shape index (κ1) is 24.3. The second-order valence-corrected chi connectivity index (χ2v) is 8.64. The fraction of sp³-hybridized carbons (Fsp3) is 0.269. The molecular formula is C26H24F2N6O3. The summed E-state index contributed by atoms with van der Waals surface area (Å²) >= 11 is 0. The first-order valence-electron chi connectivity index (χ1n) is 11.8. The highest BCUT2D eigenvalue weighted by Crippen LogP contribution is 2.36. The van der Waals surface area contributed by atoms with E-state index in [2.05, 4.69) is 25.5 Å². The summed E-state index contributed by atoms with van der Waals surface area (Å²) in [5, 5.41) is 10.4. The maximum Gasteiger partial charge on any atom is 0.410 e. The van der Waals surface area contributed by atoms with Crippen LogP contribution in [0.2, 0.25) is 0 Å². The van der Waals surface area contributed by atoms with Gasteiger partial charge in [0.1, 0.15) is 6.61 Å². The summed E-state index contributed by atoms with van der Waals surface area (Å²) in [6.45, 7) is 1.18. The minimum absolute atomic E-state index is 0.0815. The van der Waals surface area contributed by atoms with Gasteiger partial charge in [0.05, 0.1) is 11.1 Å². The highest BCUT2D eigenvalue weighted by Gasteiger charge is 2.38. The van der Waals surface area contributed by atoms with Gasteiger partial charge in [0.25, 0.3) is 11.8 Å². The van der Waals surface area contributed by atoms with E-state index in [-0.39, 0.29) is 18.6 Å². The van der Waals surface area contributed by atoms with Crippen molar-refractivity contribution in [2.45, 2.75) is 31.4 Å². The summed E-state index contributed by atoms with van der Waals surface area (Å²) in [5.74, 6) is -0.488. The van der Waals surface area contributed by atoms with Crippen molar-refractivity contribution in [1.29, 1.82) is 0 Å². The molecule has 1 fully saturated rings. The zero-order valence-electron chi connectivity index (χ0n) is 19.8. The van der Waals surface area contributed by atoms with E-state index in [0.717, 1.165) is 11.1 Å². The van der Waals surface area contributed by atoms with Crippen LogP contribution in [0.5, 0.6) is 0 Å². The van der Waals surface area contributed by atoms with Crippen molar-refractivity contribution in [2.24, 2.45) is 0 Å². The molecule has 190 valence electrons. The average molecular weight is 507 g/mol. The number of aromatic nitrogens is 4. The van der Waals surface area contributed by atoms with E-state index >= 15 is 0 Å². The molecule has 3 heterocycles. The summed E-state index contributed by atoms with van der Waals surface area (Å²) < 4.78 is 36.0. The van der Waals surface area contributed by atoms with Crippen LogP contribution in [0, 0.1) is 0 Å². The number of carbonyl (C=O) groups excluding carboxylic acids is 1. The predicted molar refractivity (Wildman–Crippen MR) is 129 cm³/mol. The Morgan fingerprint density at radius 3 is 2.27 bits per heavy atom. The molecule has 2 aromatic heterocycles. The number of carbonyl (C=O) groups is 1. The van der Waals surface area contributed by atoms with Gasteiger partial charge in [-0.3, -0.25) is 0 Å². The Labute approximate surface area is 211 Å². The van der Waals surface area contributed by atoms with Crippen molar-refractivity contribution in [2.75, 3.05) is 18.4 Å². The lowest BCUT2D eigenvalue weighted by Gasteiger charge is -2.42. The van der Waals surface area contributed by atoms with E-state index in [4.69, 9.17) is 9.15 Å². The lowest BCUT2D eigenvalue weighted by Crippen LogP contribution is -2.49. The van der Waals surface area contributed by atoms with E-state index in [1.807, 2.05) is 60.7 Å². The number of nitrogens with one attached hydrogen (secondary N) is 1. The van der Waals surface area contributed by atoms with Crippen LogP contribution in [0.15, 0.2) is 77.5 Å². The van der Waals surface area contributed by atoms with Crippen LogP contribution in [0.4, 0.5) is 19.5 Å². The Bertz CT molecular complexity index is 1310. The predicted octanol–water partition coefficient (Wildman–Crippen LogP) is 5.20. The monoisotopic (exact) mass is 506 g/mol. The molecule has 0 unspecified atom stereocenters. The van der Waals surface area contributed by atoms with E-state index in [0.29, 0.717) is 37.4 Å². The van der Waals surface area contributed by atoms with Gasteiger partial charge in [0.2, 0.25) is 5.95 Å². The number of piperidine rings is 1. The van der Waals surface area contributed by atoms with Crippen LogP contribution in [0.1, 0.15) is 36.3 Å². The highest BCUT2D eigenvalue weighted by atomic mass is 19.3. The Morgan fingerprint density at radius 1 is 1.00 bits per heavy atom. The first-order valence-corrected chi connectivity index (χ1v) is 11.8. The number of nitrogens with zero attached hydrogens (tertiary/aromatic N) is 5. The SMILES string of the molecule is O=C(OCc1ccccc1)N1CCC(Nc2ncc(-c3nnc(C(F)F)o3)cn2)(c2ccccc2)CC1. The number of alkyl halides is 2. The van der Waals surface area contributed by atoms with Crippen molar-refractivity contribution in [3.05, 3.63) is 90.1 Å². The van der Waals surface area contributed by atoms with Crippen LogP contribution >= 0.6 is 0 Å². The lowest BCUT2D eigenvalue weighted by molar-refractivity contribution is 0.0801. The summed E-state index contributed by atoms with van der Waals surface area (Å²) in [5.41, 5.74) is 1.78. The zero-order valence-corrected chi connectivity index (χ0v) is 19.8. The zero-order chi connectivity index (χ0) is 25.7. The molecule has 0 radical (unpaired) electrons. The molecule has 0 spiro atoms. The van der Waals surface area contributed by atoms with Gasteiger partial charge in [-0.15, -0.1) is 10.2 Å². The Hall–Kier alpha value is -4.41. The largest absolute Gasteiger partial charge is 0.445 e. The standard InChI is InChI=1S/C26H24F2N6O3/c27-21(28)23-33-32-22(37-23)19-15-29-24(30-16-19)31-26(20-9-5-2-6-10-20)11-13-34(14-12-26)25(35)36-17-18-7-3-1-4-8-18/h1-10,15-16,21H,11-14,17H2,(H,29,30,31). The van der Waals surface area contributed by atoms with Crippen molar-refractivity contribution in [1.82, 2.24) is 25.1 Å². The summed E-state index contributed by atoms with van der Waals surface area (Å²) in [4.78, 5) is 23.1. The van der Waals surface area contributed by atoms with E-state index in [1.54, 1.807) is 4.90 Å². The third-order valence-corrected chi connectivity index (χ3v) is 6.28. The van der Waals surface area contributed by atoms with Crippen molar-refractivity contribution < 1.29 is 22.7 Å². The second-order valence-electron chi connectivity index (χ2n) is 8.64. The fourth-order valence-electron chi connectivity index (χ4n) is 4.28. The number of halogens is 2. The van der Waals surface area contributed by atoms with E-state index in [9.17, 15) is 13.6 Å². The molecule has 5 rings (SSSR count). The molecule has 37 heavy (non-hydrogen) atoms. The number of benzene rings is 2. The fourth-order valence-corrected chi connectivity index (χ4v) is 4.28. The number of rotatable bonds is 7. The molecule has 4 aromatic rings. The van der Waals surface area contributed by atoms with Crippen LogP contribution in [0.3, 0.4) is 0 Å². The minimum Gasteiger partial charge on any atom is -0.445 e. The molecule has 0 saturated carbocycles. The number of hydrogen-bond donors (Lipinski definition) is 1. The normalized spacial score (nSPS) is 14.9. The molecule has 1 aliphatic rings. The molecule has 0 aliphatic carbocycles. The summed E-state index contributed by atoms with van der Waals surface area (Å²) in [6.07, 6.45) is 0.873. The van der Waals surface area contributed by atoms with E-state index < -0.39 is 17.9 Å². The molecule has 2 aromatic carbocycles. The lowest BCUT2D eigenvalue weighted by atomic mass is 9.81. The van der Waals surface area contributed by atoms with Gasteiger partial charge in [-0.05, 0) is 24.0 Å². The smallest absolute Gasteiger partial charge is 0.410 e. The van der Waals surface area contributed by atoms with Gasteiger partial charge < -0.3 is 19.4 Å². The van der Waals surface area contributed by atoms with Gasteiger partial charge in [-0.1, -0.05) is 60.7 Å². The number of likely N-dealkylation sites (tertiary alicyclic amines) is 1. The van der Waals surface area contributed by atoms with Crippen LogP contribution in [0.25, 0.3) is 11.5 Å². The average Bonchev–Trinajstić information content (AvgIpc) is 3.45. The van der Waals surface area contributed by atoms with Gasteiger partial charge in [0, 0.05) is 25.5 Å². The van der Waals surface area contributed by atoms with Crippen LogP contribution in [-0.2, 0) is 16.9 Å². The topological polar surface area (TPSA) is 106 Å². The number of anilines is 1. The second kappa shape index (κ2) is 10.7. The van der Waals surface area contributed by atoms with Gasteiger partial charge in [-0.2, -0.15) is 8.78 Å². The van der Waals surface area contributed by atoms with Crippen molar-refractivity contribution in [3.63, 3.8) is 0 Å². The quantitative estimate of drug-likeness (QED) is 0.364. The minimum atomic E-state index is -2.85. The molecule has 11 heteroatoms. The van der Waals surface area contributed by atoms with Gasteiger partial charge in [0.15, 0.2) is 0 Å². The van der Waals surface area contributed by atoms with Gasteiger partial charge in [-0.25, -0.2) is 14.8 Å². The molecule has 9 nitrogen and oxygen atoms in total. The molecular weight excluding hydrogens is 482 g/mol. The Morgan fingerprint density at radius 2 is 1.65 bits per heavy atom. The highest BCUT2D eigenvalue weighted by molar-refractivity contribution is 5.68. The molecule has 1 saturated heterocycles.